The van der Waals surface area contributed by atoms with Gasteiger partial charge in [-0.25, -0.2) is 23.1 Å². The van der Waals surface area contributed by atoms with Gasteiger partial charge >= 0.3 is 0 Å². The monoisotopic (exact) mass is 383 g/mol. The molecular formula is C19H21N5O2S. The Hall–Kier alpha value is -2.58. The molecule has 0 unspecified atom stereocenters. The maximum Gasteiger partial charge on any atom is 0.240 e. The van der Waals surface area contributed by atoms with E-state index in [1.54, 1.807) is 30.5 Å². The second-order valence-electron chi connectivity index (χ2n) is 6.74. The first-order chi connectivity index (χ1) is 13.1. The summed E-state index contributed by atoms with van der Waals surface area (Å²) >= 11 is 0. The van der Waals surface area contributed by atoms with E-state index in [0.29, 0.717) is 4.90 Å². The van der Waals surface area contributed by atoms with Gasteiger partial charge in [-0.1, -0.05) is 18.2 Å². The van der Waals surface area contributed by atoms with Crippen molar-refractivity contribution in [2.45, 2.75) is 42.7 Å². The fraction of sp³-hybridized carbons (Fsp3) is 0.316. The van der Waals surface area contributed by atoms with E-state index in [-0.39, 0.29) is 12.1 Å². The van der Waals surface area contributed by atoms with Crippen LogP contribution in [0.4, 0.5) is 0 Å². The van der Waals surface area contributed by atoms with Crippen LogP contribution in [0.2, 0.25) is 0 Å². The van der Waals surface area contributed by atoms with Gasteiger partial charge in [0, 0.05) is 24.0 Å². The molecule has 1 saturated carbocycles. The average Bonchev–Trinajstić information content (AvgIpc) is 3.20. The summed E-state index contributed by atoms with van der Waals surface area (Å²) in [6.45, 7) is 0. The number of hydrogen-bond donors (Lipinski definition) is 1. The number of nitrogens with zero attached hydrogens (tertiary/aromatic N) is 4. The molecule has 0 amide bonds. The molecule has 7 nitrogen and oxygen atoms in total. The summed E-state index contributed by atoms with van der Waals surface area (Å²) in [6.07, 6.45) is 10.4. The summed E-state index contributed by atoms with van der Waals surface area (Å²) in [4.78, 5) is 8.49. The molecule has 0 atom stereocenters. The summed E-state index contributed by atoms with van der Waals surface area (Å²) in [7, 11) is -3.46. The van der Waals surface area contributed by atoms with Gasteiger partial charge in [0.2, 0.25) is 10.0 Å². The van der Waals surface area contributed by atoms with Gasteiger partial charge in [0.05, 0.1) is 22.8 Å². The number of rotatable bonds is 5. The Labute approximate surface area is 158 Å². The first kappa shape index (κ1) is 17.8. The predicted molar refractivity (Wildman–Crippen MR) is 101 cm³/mol. The SMILES string of the molecule is O=S(=O)(NC1CCC(n2cc(-c3ccncn3)cn2)CC1)c1ccccc1. The van der Waals surface area contributed by atoms with E-state index in [0.717, 1.165) is 36.9 Å². The standard InChI is InChI=1S/C19H21N5O2S/c25-27(26,18-4-2-1-3-5-18)23-16-6-8-17(9-7-16)24-13-15(12-22-24)19-10-11-20-14-21-19/h1-5,10-14,16-17,23H,6-9H2. The van der Waals surface area contributed by atoms with Crippen molar-refractivity contribution in [2.24, 2.45) is 0 Å². The molecule has 0 bridgehead atoms. The minimum absolute atomic E-state index is 0.0386. The summed E-state index contributed by atoms with van der Waals surface area (Å²) < 4.78 is 29.8. The highest BCUT2D eigenvalue weighted by molar-refractivity contribution is 7.89. The molecule has 8 heteroatoms. The topological polar surface area (TPSA) is 89.8 Å². The molecule has 2 heterocycles. The third-order valence-corrected chi connectivity index (χ3v) is 6.46. The first-order valence-corrected chi connectivity index (χ1v) is 10.5. The van der Waals surface area contributed by atoms with Gasteiger partial charge in [0.15, 0.2) is 0 Å². The fourth-order valence-electron chi connectivity index (χ4n) is 3.48. The number of sulfonamides is 1. The number of benzene rings is 1. The molecule has 1 N–H and O–H groups in total. The predicted octanol–water partition coefficient (Wildman–Crippen LogP) is 2.80. The average molecular weight is 383 g/mol. The third kappa shape index (κ3) is 4.06. The van der Waals surface area contributed by atoms with E-state index in [1.807, 2.05) is 29.2 Å². The molecule has 3 aromatic rings. The van der Waals surface area contributed by atoms with E-state index in [9.17, 15) is 8.42 Å². The van der Waals surface area contributed by atoms with E-state index in [2.05, 4.69) is 19.8 Å². The minimum atomic E-state index is -3.46. The lowest BCUT2D eigenvalue weighted by atomic mass is 9.92. The molecule has 0 aliphatic heterocycles. The molecule has 0 spiro atoms. The van der Waals surface area contributed by atoms with Gasteiger partial charge in [-0.05, 0) is 43.9 Å². The third-order valence-electron chi connectivity index (χ3n) is 4.93. The largest absolute Gasteiger partial charge is 0.269 e. The van der Waals surface area contributed by atoms with E-state index >= 15 is 0 Å². The highest BCUT2D eigenvalue weighted by Gasteiger charge is 2.27. The van der Waals surface area contributed by atoms with Crippen LogP contribution in [0.25, 0.3) is 11.3 Å². The Morgan fingerprint density at radius 3 is 2.52 bits per heavy atom. The van der Waals surface area contributed by atoms with Crippen molar-refractivity contribution in [3.8, 4) is 11.3 Å². The second-order valence-corrected chi connectivity index (χ2v) is 8.46. The Kier molecular flexibility index (Phi) is 5.00. The van der Waals surface area contributed by atoms with Crippen LogP contribution in [0.3, 0.4) is 0 Å². The van der Waals surface area contributed by atoms with Crippen molar-refractivity contribution >= 4 is 10.0 Å². The molecule has 1 aromatic carbocycles. The van der Waals surface area contributed by atoms with Gasteiger partial charge in [0.1, 0.15) is 6.33 Å². The molecule has 4 rings (SSSR count). The lowest BCUT2D eigenvalue weighted by Gasteiger charge is -2.29. The minimum Gasteiger partial charge on any atom is -0.269 e. The molecule has 1 aliphatic rings. The van der Waals surface area contributed by atoms with Crippen molar-refractivity contribution in [1.82, 2.24) is 24.5 Å². The van der Waals surface area contributed by atoms with Crippen LogP contribution in [-0.4, -0.2) is 34.2 Å². The van der Waals surface area contributed by atoms with Crippen LogP contribution in [0.5, 0.6) is 0 Å². The van der Waals surface area contributed by atoms with Crippen LogP contribution in [-0.2, 0) is 10.0 Å². The fourth-order valence-corrected chi connectivity index (χ4v) is 4.80. The second kappa shape index (κ2) is 7.58. The summed E-state index contributed by atoms with van der Waals surface area (Å²) in [5.41, 5.74) is 1.81. The lowest BCUT2D eigenvalue weighted by Crippen LogP contribution is -2.38. The van der Waals surface area contributed by atoms with Gasteiger partial charge in [-0.3, -0.25) is 4.68 Å². The van der Waals surface area contributed by atoms with Gasteiger partial charge in [-0.2, -0.15) is 5.10 Å². The van der Waals surface area contributed by atoms with Crippen molar-refractivity contribution in [2.75, 3.05) is 0 Å². The van der Waals surface area contributed by atoms with Crippen molar-refractivity contribution in [3.63, 3.8) is 0 Å². The first-order valence-electron chi connectivity index (χ1n) is 9.00. The molecule has 140 valence electrons. The molecule has 0 saturated heterocycles. The molecule has 0 radical (unpaired) electrons. The highest BCUT2D eigenvalue weighted by Crippen LogP contribution is 2.30. The Morgan fingerprint density at radius 1 is 1.04 bits per heavy atom. The van der Waals surface area contributed by atoms with Gasteiger partial charge in [0.25, 0.3) is 0 Å². The summed E-state index contributed by atoms with van der Waals surface area (Å²) in [5, 5.41) is 4.48. The Morgan fingerprint density at radius 2 is 1.81 bits per heavy atom. The van der Waals surface area contributed by atoms with E-state index in [4.69, 9.17) is 0 Å². The Balaban J connectivity index is 1.38. The quantitative estimate of drug-likeness (QED) is 0.732. The number of aromatic nitrogens is 4. The van der Waals surface area contributed by atoms with Crippen LogP contribution >= 0.6 is 0 Å². The normalized spacial score (nSPS) is 20.4. The van der Waals surface area contributed by atoms with E-state index < -0.39 is 10.0 Å². The van der Waals surface area contributed by atoms with Crippen LogP contribution in [0, 0.1) is 0 Å². The molecule has 27 heavy (non-hydrogen) atoms. The lowest BCUT2D eigenvalue weighted by molar-refractivity contribution is 0.294. The zero-order chi connectivity index (χ0) is 18.7. The number of hydrogen-bond acceptors (Lipinski definition) is 5. The van der Waals surface area contributed by atoms with Crippen molar-refractivity contribution < 1.29 is 8.42 Å². The summed E-state index contributed by atoms with van der Waals surface area (Å²) in [5.74, 6) is 0. The van der Waals surface area contributed by atoms with Crippen LogP contribution < -0.4 is 4.72 Å². The van der Waals surface area contributed by atoms with Crippen molar-refractivity contribution in [3.05, 3.63) is 61.3 Å². The molecular weight excluding hydrogens is 362 g/mol. The van der Waals surface area contributed by atoms with E-state index in [1.165, 1.54) is 6.33 Å². The molecule has 2 aromatic heterocycles. The zero-order valence-electron chi connectivity index (χ0n) is 14.8. The van der Waals surface area contributed by atoms with Crippen molar-refractivity contribution in [1.29, 1.82) is 0 Å². The smallest absolute Gasteiger partial charge is 0.240 e. The van der Waals surface area contributed by atoms with Gasteiger partial charge in [-0.15, -0.1) is 0 Å². The van der Waals surface area contributed by atoms with Crippen LogP contribution in [0.1, 0.15) is 31.7 Å². The summed E-state index contributed by atoms with van der Waals surface area (Å²) in [6, 6.07) is 10.6. The zero-order valence-corrected chi connectivity index (χ0v) is 15.6. The Bertz CT molecular complexity index is 981. The van der Waals surface area contributed by atoms with Crippen LogP contribution in [0.15, 0.2) is 66.2 Å². The molecule has 1 aliphatic carbocycles. The number of nitrogens with one attached hydrogen (secondary N) is 1. The molecule has 1 fully saturated rings. The highest BCUT2D eigenvalue weighted by atomic mass is 32.2. The maximum absolute atomic E-state index is 12.5. The maximum atomic E-state index is 12.5. The van der Waals surface area contributed by atoms with Gasteiger partial charge < -0.3 is 0 Å².